The summed E-state index contributed by atoms with van der Waals surface area (Å²) in [4.78, 5) is 23.7. The summed E-state index contributed by atoms with van der Waals surface area (Å²) in [6, 6.07) is 3.26. The fourth-order valence-electron chi connectivity index (χ4n) is 2.91. The molecule has 10 heteroatoms. The van der Waals surface area contributed by atoms with Crippen molar-refractivity contribution < 1.29 is 18.8 Å². The lowest BCUT2D eigenvalue weighted by atomic mass is 10.2. The Labute approximate surface area is 173 Å². The summed E-state index contributed by atoms with van der Waals surface area (Å²) in [5.41, 5.74) is 1.14. The van der Waals surface area contributed by atoms with E-state index in [0.29, 0.717) is 23.6 Å². The van der Waals surface area contributed by atoms with Crippen molar-refractivity contribution in [3.63, 3.8) is 0 Å². The third-order valence-electron chi connectivity index (χ3n) is 4.37. The third kappa shape index (κ3) is 5.49. The number of nitrogens with one attached hydrogen (secondary N) is 1. The number of azo groups is 1. The van der Waals surface area contributed by atoms with Crippen LogP contribution in [0.4, 0.5) is 15.8 Å². The number of halogens is 1. The SMILES string of the molecule is CCN(CC)C1=CC(NC(C)=O)=C(/N=N/c2ccc([N+](=O)[O-])c(F)c2)CC=C1OC. The van der Waals surface area contributed by atoms with E-state index in [0.717, 1.165) is 30.9 Å². The van der Waals surface area contributed by atoms with Crippen molar-refractivity contribution in [2.45, 2.75) is 27.2 Å². The van der Waals surface area contributed by atoms with Crippen LogP contribution in [0.25, 0.3) is 0 Å². The fourth-order valence-corrected chi connectivity index (χ4v) is 2.91. The van der Waals surface area contributed by atoms with E-state index in [1.807, 2.05) is 19.9 Å². The van der Waals surface area contributed by atoms with Crippen LogP contribution in [-0.2, 0) is 9.53 Å². The summed E-state index contributed by atoms with van der Waals surface area (Å²) in [5, 5.41) is 21.7. The Morgan fingerprint density at radius 1 is 1.33 bits per heavy atom. The Morgan fingerprint density at radius 2 is 2.03 bits per heavy atom. The summed E-state index contributed by atoms with van der Waals surface area (Å²) in [5.74, 6) is -0.651. The molecular formula is C20H24FN5O4. The zero-order chi connectivity index (χ0) is 22.3. The number of nitrogens with zero attached hydrogens (tertiary/aromatic N) is 4. The van der Waals surface area contributed by atoms with Crippen LogP contribution in [0.15, 0.2) is 63.4 Å². The van der Waals surface area contributed by atoms with Gasteiger partial charge in [-0.2, -0.15) is 14.6 Å². The molecule has 0 unspecified atom stereocenters. The molecule has 2 rings (SSSR count). The zero-order valence-corrected chi connectivity index (χ0v) is 17.3. The van der Waals surface area contributed by atoms with E-state index >= 15 is 0 Å². The molecule has 1 aromatic carbocycles. The highest BCUT2D eigenvalue weighted by Gasteiger charge is 2.19. The van der Waals surface area contributed by atoms with E-state index in [9.17, 15) is 19.3 Å². The van der Waals surface area contributed by atoms with E-state index in [1.54, 1.807) is 13.2 Å². The molecule has 1 aliphatic rings. The minimum atomic E-state index is -1.00. The van der Waals surface area contributed by atoms with Gasteiger partial charge in [0.15, 0.2) is 0 Å². The number of amides is 1. The van der Waals surface area contributed by atoms with E-state index in [4.69, 9.17) is 4.74 Å². The molecule has 1 N–H and O–H groups in total. The van der Waals surface area contributed by atoms with Crippen LogP contribution >= 0.6 is 0 Å². The highest BCUT2D eigenvalue weighted by Crippen LogP contribution is 2.28. The number of ether oxygens (including phenoxy) is 1. The lowest BCUT2D eigenvalue weighted by Gasteiger charge is -2.25. The first-order valence-electron chi connectivity index (χ1n) is 9.38. The first kappa shape index (κ1) is 22.7. The maximum absolute atomic E-state index is 13.8. The molecule has 0 atom stereocenters. The molecule has 0 heterocycles. The summed E-state index contributed by atoms with van der Waals surface area (Å²) in [6.07, 6.45) is 3.89. The molecule has 1 aromatic rings. The average Bonchev–Trinajstić information content (AvgIpc) is 2.86. The molecule has 0 aliphatic heterocycles. The second kappa shape index (κ2) is 10.3. The average molecular weight is 417 g/mol. The second-order valence-corrected chi connectivity index (χ2v) is 6.31. The van der Waals surface area contributed by atoms with Gasteiger partial charge in [0, 0.05) is 38.6 Å². The van der Waals surface area contributed by atoms with Gasteiger partial charge in [-0.25, -0.2) is 0 Å². The molecule has 9 nitrogen and oxygen atoms in total. The Kier molecular flexibility index (Phi) is 7.79. The predicted molar refractivity (Wildman–Crippen MR) is 109 cm³/mol. The molecule has 0 radical (unpaired) electrons. The van der Waals surface area contributed by atoms with E-state index in [2.05, 4.69) is 20.4 Å². The number of methoxy groups -OCH3 is 1. The maximum Gasteiger partial charge on any atom is 0.304 e. The summed E-state index contributed by atoms with van der Waals surface area (Å²) in [6.45, 7) is 6.86. The highest BCUT2D eigenvalue weighted by atomic mass is 19.1. The van der Waals surface area contributed by atoms with Crippen LogP contribution in [-0.4, -0.2) is 35.9 Å². The van der Waals surface area contributed by atoms with E-state index in [1.165, 1.54) is 13.0 Å². The van der Waals surface area contributed by atoms with Gasteiger partial charge in [-0.3, -0.25) is 14.9 Å². The normalized spacial score (nSPS) is 14.2. The minimum absolute atomic E-state index is 0.112. The molecule has 0 saturated carbocycles. The quantitative estimate of drug-likeness (QED) is 0.385. The highest BCUT2D eigenvalue weighted by molar-refractivity contribution is 5.76. The van der Waals surface area contributed by atoms with E-state index in [-0.39, 0.29) is 11.6 Å². The van der Waals surface area contributed by atoms with Gasteiger partial charge in [0.2, 0.25) is 11.7 Å². The summed E-state index contributed by atoms with van der Waals surface area (Å²) >= 11 is 0. The Balaban J connectivity index is 2.49. The van der Waals surface area contributed by atoms with Crippen molar-refractivity contribution in [1.82, 2.24) is 10.2 Å². The number of likely N-dealkylation sites (N-methyl/N-ethyl adjacent to an activating group) is 1. The third-order valence-corrected chi connectivity index (χ3v) is 4.37. The number of hydrogen-bond acceptors (Lipinski definition) is 7. The standard InChI is InChI=1S/C20H24FN5O4/c1-5-25(6-2)19-12-17(22-13(3)27)16(8-10-20(19)30-4)24-23-14-7-9-18(26(28)29)15(21)11-14/h7,9-12H,5-6,8H2,1-4H3,(H,22,27)/b24-23+. The minimum Gasteiger partial charge on any atom is -0.495 e. The number of carbonyl (C=O) groups is 1. The molecule has 0 aromatic heterocycles. The van der Waals surface area contributed by atoms with Gasteiger partial charge < -0.3 is 15.0 Å². The first-order chi connectivity index (χ1) is 14.3. The van der Waals surface area contributed by atoms with Crippen molar-refractivity contribution in [2.75, 3.05) is 20.2 Å². The first-order valence-corrected chi connectivity index (χ1v) is 9.38. The summed E-state index contributed by atoms with van der Waals surface area (Å²) < 4.78 is 19.4. The van der Waals surface area contributed by atoms with Crippen molar-refractivity contribution in [2.24, 2.45) is 10.2 Å². The van der Waals surface area contributed by atoms with Gasteiger partial charge in [-0.15, -0.1) is 0 Å². The lowest BCUT2D eigenvalue weighted by molar-refractivity contribution is -0.387. The molecule has 160 valence electrons. The fraction of sp³-hybridized carbons (Fsp3) is 0.350. The lowest BCUT2D eigenvalue weighted by Crippen LogP contribution is -2.25. The van der Waals surface area contributed by atoms with Gasteiger partial charge >= 0.3 is 5.69 Å². The molecule has 0 spiro atoms. The predicted octanol–water partition coefficient (Wildman–Crippen LogP) is 4.33. The number of allylic oxidation sites excluding steroid dienone is 2. The number of hydrogen-bond donors (Lipinski definition) is 1. The van der Waals surface area contributed by atoms with Crippen molar-refractivity contribution in [3.8, 4) is 0 Å². The number of nitro groups is 1. The monoisotopic (exact) mass is 417 g/mol. The number of rotatable bonds is 8. The molecule has 0 bridgehead atoms. The number of nitro benzene ring substituents is 1. The van der Waals surface area contributed by atoms with E-state index < -0.39 is 16.4 Å². The Morgan fingerprint density at radius 3 is 2.57 bits per heavy atom. The van der Waals surface area contributed by atoms with Crippen LogP contribution in [0.3, 0.4) is 0 Å². The van der Waals surface area contributed by atoms with Crippen molar-refractivity contribution in [1.29, 1.82) is 0 Å². The zero-order valence-electron chi connectivity index (χ0n) is 17.3. The molecule has 1 aliphatic carbocycles. The van der Waals surface area contributed by atoms with Gasteiger partial charge in [0.1, 0.15) is 5.76 Å². The number of benzene rings is 1. The van der Waals surface area contributed by atoms with Gasteiger partial charge in [0.25, 0.3) is 0 Å². The smallest absolute Gasteiger partial charge is 0.304 e. The second-order valence-electron chi connectivity index (χ2n) is 6.31. The molecule has 30 heavy (non-hydrogen) atoms. The molecule has 1 amide bonds. The largest absolute Gasteiger partial charge is 0.495 e. The Hall–Kier alpha value is -3.56. The Bertz CT molecular complexity index is 949. The molecule has 0 fully saturated rings. The van der Waals surface area contributed by atoms with Crippen molar-refractivity contribution in [3.05, 3.63) is 69.1 Å². The maximum atomic E-state index is 13.8. The molecule has 0 saturated heterocycles. The number of carbonyl (C=O) groups excluding carboxylic acids is 1. The van der Waals surface area contributed by atoms with Crippen molar-refractivity contribution >= 4 is 17.3 Å². The van der Waals surface area contributed by atoms with Gasteiger partial charge in [0.05, 0.1) is 34.8 Å². The van der Waals surface area contributed by atoms with Crippen LogP contribution < -0.4 is 5.32 Å². The summed E-state index contributed by atoms with van der Waals surface area (Å²) in [7, 11) is 1.56. The van der Waals surface area contributed by atoms with Crippen LogP contribution in [0.2, 0.25) is 0 Å². The van der Waals surface area contributed by atoms with Crippen LogP contribution in [0.1, 0.15) is 27.2 Å². The molecular weight excluding hydrogens is 393 g/mol. The van der Waals surface area contributed by atoms with Gasteiger partial charge in [-0.05, 0) is 32.1 Å². The van der Waals surface area contributed by atoms with Crippen LogP contribution in [0, 0.1) is 15.9 Å². The van der Waals surface area contributed by atoms with Crippen LogP contribution in [0.5, 0.6) is 0 Å². The van der Waals surface area contributed by atoms with Gasteiger partial charge in [-0.1, -0.05) is 0 Å². The topological polar surface area (TPSA) is 109 Å².